The predicted octanol–water partition coefficient (Wildman–Crippen LogP) is 2.08. The first kappa shape index (κ1) is 11.1. The molecule has 2 rings (SSSR count). The Labute approximate surface area is 90.2 Å². The van der Waals surface area contributed by atoms with Crippen molar-refractivity contribution in [3.8, 4) is 11.5 Å². The summed E-state index contributed by atoms with van der Waals surface area (Å²) in [5.41, 5.74) is 0.351. The van der Waals surface area contributed by atoms with Gasteiger partial charge in [0.25, 0.3) is 0 Å². The molecule has 1 N–H and O–H groups in total. The summed E-state index contributed by atoms with van der Waals surface area (Å²) in [6.45, 7) is -2.69. The first-order valence-corrected chi connectivity index (χ1v) is 4.70. The minimum absolute atomic E-state index is 0.233. The van der Waals surface area contributed by atoms with E-state index < -0.39 is 12.4 Å². The molecule has 0 radical (unpaired) electrons. The average molecular weight is 233 g/mol. The summed E-state index contributed by atoms with van der Waals surface area (Å²) in [4.78, 5) is 0. The second-order valence-corrected chi connectivity index (χ2v) is 3.35. The molecule has 88 valence electrons. The van der Waals surface area contributed by atoms with Crippen molar-refractivity contribution in [2.75, 3.05) is 13.7 Å². The lowest BCUT2D eigenvalue weighted by Crippen LogP contribution is -2.18. The van der Waals surface area contributed by atoms with Crippen LogP contribution in [0.5, 0.6) is 11.5 Å². The monoisotopic (exact) mass is 233 g/mol. The van der Waals surface area contributed by atoms with E-state index in [2.05, 4.69) is 10.1 Å². The van der Waals surface area contributed by atoms with Crippen molar-refractivity contribution >= 4 is 0 Å². The molecule has 1 heterocycles. The van der Waals surface area contributed by atoms with Gasteiger partial charge in [0.1, 0.15) is 23.9 Å². The van der Waals surface area contributed by atoms with Crippen LogP contribution in [0.2, 0.25) is 0 Å². The summed E-state index contributed by atoms with van der Waals surface area (Å²) < 4.78 is 46.8. The molecule has 0 fully saturated rings. The fourth-order valence-corrected chi connectivity index (χ4v) is 1.68. The van der Waals surface area contributed by atoms with Crippen LogP contribution < -0.4 is 14.8 Å². The van der Waals surface area contributed by atoms with Crippen LogP contribution in [0.3, 0.4) is 0 Å². The van der Waals surface area contributed by atoms with Crippen LogP contribution in [0.25, 0.3) is 0 Å². The molecule has 1 aliphatic heterocycles. The standard InChI is InChI=1S/C10H10F3NO2/c1-14-7-4-15-8-3-5(16-10(12)13)2-6(11)9(7)8/h2-3,7,10,14H,4H2,1H3. The molecule has 0 saturated heterocycles. The number of alkyl halides is 2. The predicted molar refractivity (Wildman–Crippen MR) is 50.3 cm³/mol. The summed E-state index contributed by atoms with van der Waals surface area (Å²) in [6, 6.07) is 1.95. The highest BCUT2D eigenvalue weighted by molar-refractivity contribution is 5.46. The molecular formula is C10H10F3NO2. The number of likely N-dealkylation sites (N-methyl/N-ethyl adjacent to an activating group) is 1. The van der Waals surface area contributed by atoms with Crippen molar-refractivity contribution < 1.29 is 22.6 Å². The SMILES string of the molecule is CNC1COc2cc(OC(F)F)cc(F)c21. The van der Waals surface area contributed by atoms with Crippen molar-refractivity contribution in [1.82, 2.24) is 5.32 Å². The zero-order valence-electron chi connectivity index (χ0n) is 8.47. The molecule has 0 aromatic heterocycles. The van der Waals surface area contributed by atoms with E-state index in [1.54, 1.807) is 7.05 Å². The molecule has 1 aliphatic rings. The van der Waals surface area contributed by atoms with Gasteiger partial charge in [0.15, 0.2) is 0 Å². The second kappa shape index (κ2) is 4.21. The van der Waals surface area contributed by atoms with Gasteiger partial charge >= 0.3 is 6.61 Å². The molecule has 6 heteroatoms. The summed E-state index contributed by atoms with van der Waals surface area (Å²) in [5.74, 6) is -0.594. The van der Waals surface area contributed by atoms with Crippen LogP contribution in [0.4, 0.5) is 13.2 Å². The second-order valence-electron chi connectivity index (χ2n) is 3.35. The molecule has 1 aromatic carbocycles. The van der Waals surface area contributed by atoms with Crippen LogP contribution in [-0.4, -0.2) is 20.3 Å². The first-order chi connectivity index (χ1) is 7.61. The van der Waals surface area contributed by atoms with E-state index in [9.17, 15) is 13.2 Å². The Hall–Kier alpha value is -1.43. The number of halogens is 3. The molecule has 16 heavy (non-hydrogen) atoms. The summed E-state index contributed by atoms with van der Waals surface area (Å²) in [6.07, 6.45) is 0. The molecule has 3 nitrogen and oxygen atoms in total. The third-order valence-electron chi connectivity index (χ3n) is 2.39. The fraction of sp³-hybridized carbons (Fsp3) is 0.400. The highest BCUT2D eigenvalue weighted by atomic mass is 19.3. The molecule has 1 atom stereocenters. The zero-order valence-corrected chi connectivity index (χ0v) is 8.47. The van der Waals surface area contributed by atoms with E-state index in [1.807, 2.05) is 0 Å². The van der Waals surface area contributed by atoms with Crippen molar-refractivity contribution in [3.63, 3.8) is 0 Å². The van der Waals surface area contributed by atoms with Gasteiger partial charge in [-0.25, -0.2) is 4.39 Å². The maximum Gasteiger partial charge on any atom is 0.387 e. The minimum atomic E-state index is -2.97. The van der Waals surface area contributed by atoms with Gasteiger partial charge in [0, 0.05) is 12.1 Å². The third kappa shape index (κ3) is 1.92. The summed E-state index contributed by atoms with van der Waals surface area (Å²) in [5, 5.41) is 2.87. The van der Waals surface area contributed by atoms with Gasteiger partial charge in [-0.1, -0.05) is 0 Å². The molecule has 0 aliphatic carbocycles. The van der Waals surface area contributed by atoms with Gasteiger partial charge in [-0.05, 0) is 7.05 Å². The number of benzene rings is 1. The highest BCUT2D eigenvalue weighted by Gasteiger charge is 2.27. The molecule has 0 bridgehead atoms. The van der Waals surface area contributed by atoms with Gasteiger partial charge in [0.2, 0.25) is 0 Å². The topological polar surface area (TPSA) is 30.5 Å². The normalized spacial score (nSPS) is 18.4. The Morgan fingerprint density at radius 3 is 2.88 bits per heavy atom. The Kier molecular flexibility index (Phi) is 2.91. The van der Waals surface area contributed by atoms with Crippen LogP contribution >= 0.6 is 0 Å². The van der Waals surface area contributed by atoms with Gasteiger partial charge in [-0.2, -0.15) is 8.78 Å². The lowest BCUT2D eigenvalue weighted by atomic mass is 10.1. The van der Waals surface area contributed by atoms with Crippen LogP contribution in [0.1, 0.15) is 11.6 Å². The number of hydrogen-bond donors (Lipinski definition) is 1. The summed E-state index contributed by atoms with van der Waals surface area (Å²) >= 11 is 0. The maximum absolute atomic E-state index is 13.6. The average Bonchev–Trinajstić information content (AvgIpc) is 2.59. The van der Waals surface area contributed by atoms with Gasteiger partial charge < -0.3 is 14.8 Å². The van der Waals surface area contributed by atoms with E-state index >= 15 is 0 Å². The largest absolute Gasteiger partial charge is 0.491 e. The quantitative estimate of drug-likeness (QED) is 0.867. The molecule has 1 unspecified atom stereocenters. The van der Waals surface area contributed by atoms with Crippen LogP contribution in [0.15, 0.2) is 12.1 Å². The first-order valence-electron chi connectivity index (χ1n) is 4.70. The highest BCUT2D eigenvalue weighted by Crippen LogP contribution is 2.37. The number of rotatable bonds is 3. The van der Waals surface area contributed by atoms with Gasteiger partial charge in [-0.3, -0.25) is 0 Å². The molecular weight excluding hydrogens is 223 g/mol. The molecule has 0 amide bonds. The summed E-state index contributed by atoms with van der Waals surface area (Å²) in [7, 11) is 1.67. The molecule has 0 saturated carbocycles. The smallest absolute Gasteiger partial charge is 0.387 e. The van der Waals surface area contributed by atoms with Crippen LogP contribution in [-0.2, 0) is 0 Å². The Morgan fingerprint density at radius 1 is 1.50 bits per heavy atom. The lowest BCUT2D eigenvalue weighted by molar-refractivity contribution is -0.0500. The maximum atomic E-state index is 13.6. The van der Waals surface area contributed by atoms with E-state index in [-0.39, 0.29) is 24.1 Å². The minimum Gasteiger partial charge on any atom is -0.491 e. The number of hydrogen-bond acceptors (Lipinski definition) is 3. The van der Waals surface area contributed by atoms with E-state index in [0.29, 0.717) is 5.56 Å². The van der Waals surface area contributed by atoms with Crippen molar-refractivity contribution in [2.45, 2.75) is 12.7 Å². The Bertz CT molecular complexity index is 398. The molecule has 0 spiro atoms. The van der Waals surface area contributed by atoms with E-state index in [1.165, 1.54) is 6.07 Å². The Morgan fingerprint density at radius 2 is 2.25 bits per heavy atom. The number of fused-ring (bicyclic) bond motifs is 1. The number of ether oxygens (including phenoxy) is 2. The Balaban J connectivity index is 2.33. The van der Waals surface area contributed by atoms with E-state index in [0.717, 1.165) is 6.07 Å². The van der Waals surface area contributed by atoms with E-state index in [4.69, 9.17) is 4.74 Å². The number of nitrogens with one attached hydrogen (secondary N) is 1. The van der Waals surface area contributed by atoms with Crippen molar-refractivity contribution in [1.29, 1.82) is 0 Å². The van der Waals surface area contributed by atoms with Crippen molar-refractivity contribution in [2.24, 2.45) is 0 Å². The third-order valence-corrected chi connectivity index (χ3v) is 2.39. The fourth-order valence-electron chi connectivity index (χ4n) is 1.68. The molecule has 1 aromatic rings. The van der Waals surface area contributed by atoms with Crippen molar-refractivity contribution in [3.05, 3.63) is 23.5 Å². The van der Waals surface area contributed by atoms with Gasteiger partial charge in [-0.15, -0.1) is 0 Å². The zero-order chi connectivity index (χ0) is 11.7. The van der Waals surface area contributed by atoms with Crippen LogP contribution in [0, 0.1) is 5.82 Å². The lowest BCUT2D eigenvalue weighted by Gasteiger charge is -2.09. The van der Waals surface area contributed by atoms with Gasteiger partial charge in [0.05, 0.1) is 11.6 Å².